The molecule has 0 saturated heterocycles. The maximum Gasteiger partial charge on any atom is 0.347 e. The van der Waals surface area contributed by atoms with Crippen LogP contribution in [0.3, 0.4) is 0 Å². The Balaban J connectivity index is 2.22. The second-order valence-electron chi connectivity index (χ2n) is 5.90. The summed E-state index contributed by atoms with van der Waals surface area (Å²) in [7, 11) is 0. The van der Waals surface area contributed by atoms with Crippen molar-refractivity contribution in [3.63, 3.8) is 0 Å². The topological polar surface area (TPSA) is 63.3 Å². The summed E-state index contributed by atoms with van der Waals surface area (Å²) in [5.41, 5.74) is 1.91. The van der Waals surface area contributed by atoms with Crippen molar-refractivity contribution in [2.45, 2.75) is 26.2 Å². The van der Waals surface area contributed by atoms with E-state index in [0.29, 0.717) is 15.6 Å². The van der Waals surface area contributed by atoms with Crippen LogP contribution in [0.5, 0.6) is 0 Å². The van der Waals surface area contributed by atoms with Gasteiger partial charge in [0.1, 0.15) is 21.7 Å². The molecular formula is C16H15NO3S. The molecule has 0 aliphatic heterocycles. The Morgan fingerprint density at radius 2 is 2.00 bits per heavy atom. The van der Waals surface area contributed by atoms with Crippen molar-refractivity contribution in [3.05, 3.63) is 41.1 Å². The molecule has 0 amide bonds. The third-order valence-corrected chi connectivity index (χ3v) is 4.32. The summed E-state index contributed by atoms with van der Waals surface area (Å²) in [6, 6.07) is 7.67. The molecule has 108 valence electrons. The molecule has 0 bridgehead atoms. The lowest BCUT2D eigenvalue weighted by molar-refractivity contribution is 0.0699. The van der Waals surface area contributed by atoms with Gasteiger partial charge in [-0.3, -0.25) is 0 Å². The van der Waals surface area contributed by atoms with E-state index in [0.717, 1.165) is 16.5 Å². The van der Waals surface area contributed by atoms with Crippen molar-refractivity contribution in [1.82, 2.24) is 4.98 Å². The molecule has 0 fully saturated rings. The number of rotatable bonds is 2. The standard InChI is InChI=1S/C16H15NO3S/c1-16(2,3)13-12(15(18)19)21-14(17-13)10-8-20-11-7-5-4-6-9(10)11/h4-8H,1-3H3,(H,18,19). The van der Waals surface area contributed by atoms with Gasteiger partial charge in [0, 0.05) is 10.8 Å². The van der Waals surface area contributed by atoms with Crippen LogP contribution >= 0.6 is 11.3 Å². The molecule has 4 nitrogen and oxygen atoms in total. The minimum absolute atomic E-state index is 0.294. The number of aromatic nitrogens is 1. The molecule has 0 aliphatic rings. The van der Waals surface area contributed by atoms with Gasteiger partial charge in [-0.25, -0.2) is 9.78 Å². The fourth-order valence-corrected chi connectivity index (χ4v) is 3.37. The van der Waals surface area contributed by atoms with Gasteiger partial charge in [0.05, 0.1) is 11.3 Å². The first kappa shape index (κ1) is 13.8. The third-order valence-electron chi connectivity index (χ3n) is 3.24. The molecule has 3 aromatic rings. The zero-order valence-electron chi connectivity index (χ0n) is 12.0. The number of fused-ring (bicyclic) bond motifs is 1. The van der Waals surface area contributed by atoms with Gasteiger partial charge in [-0.2, -0.15) is 0 Å². The average Bonchev–Trinajstić information content (AvgIpc) is 3.01. The van der Waals surface area contributed by atoms with Gasteiger partial charge < -0.3 is 9.52 Å². The maximum atomic E-state index is 11.5. The van der Waals surface area contributed by atoms with Crippen LogP contribution in [0, 0.1) is 0 Å². The molecule has 2 heterocycles. The molecule has 0 unspecified atom stereocenters. The number of benzene rings is 1. The highest BCUT2D eigenvalue weighted by molar-refractivity contribution is 7.17. The Bertz CT molecular complexity index is 824. The number of carbonyl (C=O) groups is 1. The number of furan rings is 1. The van der Waals surface area contributed by atoms with Gasteiger partial charge in [0.15, 0.2) is 0 Å². The van der Waals surface area contributed by atoms with Crippen molar-refractivity contribution in [3.8, 4) is 10.6 Å². The summed E-state index contributed by atoms with van der Waals surface area (Å²) in [6.45, 7) is 5.89. The van der Waals surface area contributed by atoms with Crippen LogP contribution in [0.15, 0.2) is 34.9 Å². The number of carboxylic acid groups (broad SMARTS) is 1. The average molecular weight is 301 g/mol. The smallest absolute Gasteiger partial charge is 0.347 e. The minimum atomic E-state index is -0.934. The molecule has 1 N–H and O–H groups in total. The second-order valence-corrected chi connectivity index (χ2v) is 6.90. The summed E-state index contributed by atoms with van der Waals surface area (Å²) < 4.78 is 5.52. The van der Waals surface area contributed by atoms with Crippen molar-refractivity contribution < 1.29 is 14.3 Å². The minimum Gasteiger partial charge on any atom is -0.477 e. The monoisotopic (exact) mass is 301 g/mol. The van der Waals surface area contributed by atoms with E-state index in [1.54, 1.807) is 6.26 Å². The van der Waals surface area contributed by atoms with E-state index in [4.69, 9.17) is 4.42 Å². The molecular weight excluding hydrogens is 286 g/mol. The second kappa shape index (κ2) is 4.70. The summed E-state index contributed by atoms with van der Waals surface area (Å²) in [5, 5.41) is 11.0. The third kappa shape index (κ3) is 2.34. The lowest BCUT2D eigenvalue weighted by atomic mass is 9.91. The number of hydrogen-bond acceptors (Lipinski definition) is 4. The number of thiazole rings is 1. The zero-order chi connectivity index (χ0) is 15.2. The SMILES string of the molecule is CC(C)(C)c1nc(-c2coc3ccccc23)sc1C(=O)O. The van der Waals surface area contributed by atoms with E-state index in [2.05, 4.69) is 4.98 Å². The largest absolute Gasteiger partial charge is 0.477 e. The predicted molar refractivity (Wildman–Crippen MR) is 83.0 cm³/mol. The van der Waals surface area contributed by atoms with Crippen LogP contribution in [0.1, 0.15) is 36.1 Å². The first-order valence-electron chi connectivity index (χ1n) is 6.59. The number of carboxylic acids is 1. The van der Waals surface area contributed by atoms with E-state index in [1.807, 2.05) is 45.0 Å². The first-order valence-corrected chi connectivity index (χ1v) is 7.41. The highest BCUT2D eigenvalue weighted by atomic mass is 32.1. The number of para-hydroxylation sites is 1. The lowest BCUT2D eigenvalue weighted by Crippen LogP contribution is -2.16. The van der Waals surface area contributed by atoms with Crippen molar-refractivity contribution >= 4 is 28.3 Å². The summed E-state index contributed by atoms with van der Waals surface area (Å²) >= 11 is 1.20. The molecule has 1 aromatic carbocycles. The molecule has 3 rings (SSSR count). The molecule has 21 heavy (non-hydrogen) atoms. The maximum absolute atomic E-state index is 11.5. The van der Waals surface area contributed by atoms with Crippen LogP contribution in [0.2, 0.25) is 0 Å². The molecule has 2 aromatic heterocycles. The molecule has 0 radical (unpaired) electrons. The molecule has 0 spiro atoms. The van der Waals surface area contributed by atoms with Crippen LogP contribution in [0.25, 0.3) is 21.5 Å². The number of hydrogen-bond donors (Lipinski definition) is 1. The Morgan fingerprint density at radius 1 is 1.29 bits per heavy atom. The highest BCUT2D eigenvalue weighted by Crippen LogP contribution is 2.37. The fourth-order valence-electron chi connectivity index (χ4n) is 2.23. The van der Waals surface area contributed by atoms with Crippen LogP contribution < -0.4 is 0 Å². The van der Waals surface area contributed by atoms with Gasteiger partial charge >= 0.3 is 5.97 Å². The van der Waals surface area contributed by atoms with Crippen LogP contribution in [-0.4, -0.2) is 16.1 Å². The van der Waals surface area contributed by atoms with Crippen molar-refractivity contribution in [2.24, 2.45) is 0 Å². The van der Waals surface area contributed by atoms with Crippen LogP contribution in [0.4, 0.5) is 0 Å². The molecule has 0 aliphatic carbocycles. The Labute approximate surface area is 126 Å². The van der Waals surface area contributed by atoms with Gasteiger partial charge in [0.25, 0.3) is 0 Å². The van der Waals surface area contributed by atoms with Crippen molar-refractivity contribution in [1.29, 1.82) is 0 Å². The van der Waals surface area contributed by atoms with Crippen LogP contribution in [-0.2, 0) is 5.41 Å². The Kier molecular flexibility index (Phi) is 3.10. The summed E-state index contributed by atoms with van der Waals surface area (Å²) in [6.07, 6.45) is 1.64. The van der Waals surface area contributed by atoms with E-state index >= 15 is 0 Å². The van der Waals surface area contributed by atoms with Gasteiger partial charge in [-0.1, -0.05) is 39.0 Å². The molecule has 0 atom stereocenters. The van der Waals surface area contributed by atoms with Gasteiger partial charge in [0.2, 0.25) is 0 Å². The van der Waals surface area contributed by atoms with E-state index in [9.17, 15) is 9.90 Å². The number of aromatic carboxylic acids is 1. The van der Waals surface area contributed by atoms with Gasteiger partial charge in [-0.15, -0.1) is 11.3 Å². The Morgan fingerprint density at radius 3 is 2.62 bits per heavy atom. The number of nitrogens with zero attached hydrogens (tertiary/aromatic N) is 1. The molecule has 0 saturated carbocycles. The van der Waals surface area contributed by atoms with E-state index in [-0.39, 0.29) is 5.41 Å². The predicted octanol–water partition coefficient (Wildman–Crippen LogP) is 4.55. The Hall–Kier alpha value is -2.14. The lowest BCUT2D eigenvalue weighted by Gasteiger charge is -2.15. The van der Waals surface area contributed by atoms with Gasteiger partial charge in [-0.05, 0) is 6.07 Å². The zero-order valence-corrected chi connectivity index (χ0v) is 12.8. The highest BCUT2D eigenvalue weighted by Gasteiger charge is 2.28. The quantitative estimate of drug-likeness (QED) is 0.754. The summed E-state index contributed by atoms with van der Waals surface area (Å²) in [4.78, 5) is 16.3. The normalized spacial score (nSPS) is 12.0. The molecule has 5 heteroatoms. The summed E-state index contributed by atoms with van der Waals surface area (Å²) in [5.74, 6) is -0.934. The van der Waals surface area contributed by atoms with E-state index < -0.39 is 5.97 Å². The van der Waals surface area contributed by atoms with E-state index in [1.165, 1.54) is 11.3 Å². The van der Waals surface area contributed by atoms with Crippen molar-refractivity contribution in [2.75, 3.05) is 0 Å². The first-order chi connectivity index (χ1) is 9.88. The fraction of sp³-hybridized carbons (Fsp3) is 0.250.